The van der Waals surface area contributed by atoms with Crippen LogP contribution in [0.1, 0.15) is 0 Å². The number of hydrogen-bond acceptors (Lipinski definition) is 14. The molecule has 18 nitrogen and oxygen atoms in total. The molecule has 0 unspecified atom stereocenters. The molecule has 0 atom stereocenters. The molecular formula is C124H78Br4N18. The molecule has 146 heavy (non-hydrogen) atoms. The molecule has 0 aliphatic heterocycles. The number of benzene rings is 13. The van der Waals surface area contributed by atoms with Crippen molar-refractivity contribution in [3.8, 4) is 147 Å². The van der Waals surface area contributed by atoms with Gasteiger partial charge in [0.05, 0.1) is 73.3 Å². The van der Waals surface area contributed by atoms with Crippen molar-refractivity contribution < 1.29 is 0 Å². The first kappa shape index (κ1) is 90.7. The van der Waals surface area contributed by atoms with Gasteiger partial charge < -0.3 is 0 Å². The summed E-state index contributed by atoms with van der Waals surface area (Å²) in [5.41, 5.74) is 27.6. The van der Waals surface area contributed by atoms with Crippen LogP contribution in [0.5, 0.6) is 0 Å². The lowest BCUT2D eigenvalue weighted by molar-refractivity contribution is 1.07. The maximum Gasteiger partial charge on any atom is 0.164 e. The standard InChI is InChI=1S/2C33H21BrN4.C32H20BrN5.C26H16BrN5/c34-25-16-17-27-28-15-8-18-35-33(28)38(31(27)20-25)26-14-7-13-24(19-26)30-21-29(22-9-3-1-4-10-22)36-32(37-30)23-11-5-2-6-12-23;34-25-16-17-27-28-15-8-18-35-33(28)38(31(27)20-25)26-14-7-13-24(19-26)32-36-29(22-9-3-1-4-10-22)21-30(37-32)23-11-5-2-6-12-23;33-24-16-17-26-27-15-8-18-34-32(27)38(28(26)20-24)25-14-7-13-23(19-25)31-36-29(21-9-3-1-4-10-21)35-30(37-31)22-11-5-2-6-12-22;27-17-9-10-19-20-6-5-13-30-26(20)32(25(19)14-17)18-15-23(21-7-1-3-11-28-21)31-24(16-18)22-8-2-4-12-29-22/h2*1-21H;1-20H;1-16H. The zero-order valence-corrected chi connectivity index (χ0v) is 83.9. The fraction of sp³-hybridized carbons (Fsp3) is 0. The predicted molar refractivity (Wildman–Crippen MR) is 603 cm³/mol. The summed E-state index contributed by atoms with van der Waals surface area (Å²) >= 11 is 14.6. The van der Waals surface area contributed by atoms with E-state index in [1.54, 1.807) is 12.4 Å². The Hall–Kier alpha value is -17.8. The number of nitrogens with zero attached hydrogens (tertiary/aromatic N) is 18. The number of fused-ring (bicyclic) bond motifs is 12. The first-order chi connectivity index (χ1) is 72.0. The Morgan fingerprint density at radius 2 is 0.397 bits per heavy atom. The Morgan fingerprint density at radius 1 is 0.144 bits per heavy atom. The zero-order chi connectivity index (χ0) is 97.9. The molecule has 0 fully saturated rings. The van der Waals surface area contributed by atoms with Gasteiger partial charge >= 0.3 is 0 Å². The van der Waals surface area contributed by atoms with Gasteiger partial charge in [0.2, 0.25) is 0 Å². The van der Waals surface area contributed by atoms with Crippen LogP contribution in [0.3, 0.4) is 0 Å². The highest BCUT2D eigenvalue weighted by molar-refractivity contribution is 9.11. The average Bonchev–Trinajstić information content (AvgIpc) is 1.60. The summed E-state index contributed by atoms with van der Waals surface area (Å²) in [6, 6.07) is 148. The van der Waals surface area contributed by atoms with E-state index in [1.165, 1.54) is 5.39 Å². The van der Waals surface area contributed by atoms with Gasteiger partial charge in [-0.25, -0.2) is 59.8 Å². The monoisotopic (exact) mass is 2130 g/mol. The van der Waals surface area contributed by atoms with Crippen molar-refractivity contribution >= 4 is 151 Å². The van der Waals surface area contributed by atoms with Gasteiger partial charge in [-0.3, -0.25) is 28.2 Å². The SMILES string of the molecule is Brc1ccc2c3cccnc3n(-c3cc(-c4ccccn4)nc(-c4ccccn4)c3)c2c1.Brc1ccc2c3cccnc3n(-c3cccc(-c4cc(-c5ccccc5)nc(-c5ccccc5)n4)c3)c2c1.Brc1ccc2c3cccnc3n(-c3cccc(-c4nc(-c5ccccc5)cc(-c5ccccc5)n4)c3)c2c1.Brc1ccc2c3cccnc3n(-c3cccc(-c4nc(-c5ccccc5)nc(-c5ccccc5)n4)c3)c2c1. The molecule has 0 amide bonds. The Balaban J connectivity index is 0.000000105. The summed E-state index contributed by atoms with van der Waals surface area (Å²) in [4.78, 5) is 67.5. The molecule has 0 bridgehead atoms. The second-order valence-electron chi connectivity index (χ2n) is 34.6. The molecule has 22 heteroatoms. The summed E-state index contributed by atoms with van der Waals surface area (Å²) in [5, 5.41) is 9.08. The zero-order valence-electron chi connectivity index (χ0n) is 77.6. The van der Waals surface area contributed by atoms with Crippen molar-refractivity contribution in [2.45, 2.75) is 0 Å². The predicted octanol–water partition coefficient (Wildman–Crippen LogP) is 32.1. The Morgan fingerprint density at radius 3 is 0.712 bits per heavy atom. The Kier molecular flexibility index (Phi) is 25.0. The molecule has 0 aliphatic rings. The molecule has 14 heterocycles. The van der Waals surface area contributed by atoms with E-state index in [9.17, 15) is 0 Å². The minimum Gasteiger partial charge on any atom is -0.294 e. The van der Waals surface area contributed by atoms with E-state index in [1.807, 2.05) is 243 Å². The van der Waals surface area contributed by atoms with Crippen molar-refractivity contribution in [2.24, 2.45) is 0 Å². The largest absolute Gasteiger partial charge is 0.294 e. The van der Waals surface area contributed by atoms with Crippen LogP contribution in [0, 0.1) is 0 Å². The van der Waals surface area contributed by atoms with Crippen LogP contribution in [0.4, 0.5) is 0 Å². The highest BCUT2D eigenvalue weighted by Gasteiger charge is 2.24. The minimum atomic E-state index is 0.620. The second kappa shape index (κ2) is 40.3. The highest BCUT2D eigenvalue weighted by Crippen LogP contribution is 2.42. The summed E-state index contributed by atoms with van der Waals surface area (Å²) in [6.45, 7) is 0. The van der Waals surface area contributed by atoms with Crippen LogP contribution in [0.25, 0.3) is 235 Å². The molecule has 14 aromatic heterocycles. The molecule has 27 rings (SSSR count). The van der Waals surface area contributed by atoms with Gasteiger partial charge in [-0.05, 0) is 182 Å². The first-order valence-corrected chi connectivity index (χ1v) is 50.4. The van der Waals surface area contributed by atoms with Gasteiger partial charge in [0.15, 0.2) is 29.1 Å². The van der Waals surface area contributed by atoms with Crippen LogP contribution < -0.4 is 0 Å². The van der Waals surface area contributed by atoms with Crippen LogP contribution >= 0.6 is 63.7 Å². The Labute approximate surface area is 871 Å². The summed E-state index contributed by atoms with van der Waals surface area (Å²) < 4.78 is 12.9. The van der Waals surface area contributed by atoms with Gasteiger partial charge in [0, 0.05) is 165 Å². The van der Waals surface area contributed by atoms with E-state index in [4.69, 9.17) is 59.8 Å². The Bertz CT molecular complexity index is 8650. The second-order valence-corrected chi connectivity index (χ2v) is 38.3. The van der Waals surface area contributed by atoms with Gasteiger partial charge in [0.1, 0.15) is 22.6 Å². The molecule has 0 aliphatic carbocycles. The van der Waals surface area contributed by atoms with Crippen molar-refractivity contribution in [3.63, 3.8) is 0 Å². The normalized spacial score (nSPS) is 11.3. The number of halogens is 4. The molecule has 0 saturated heterocycles. The van der Waals surface area contributed by atoms with Crippen molar-refractivity contribution in [1.29, 1.82) is 0 Å². The molecule has 13 aromatic carbocycles. The maximum absolute atomic E-state index is 5.02. The lowest BCUT2D eigenvalue weighted by Gasteiger charge is -2.12. The highest BCUT2D eigenvalue weighted by atomic mass is 79.9. The number of aromatic nitrogens is 18. The van der Waals surface area contributed by atoms with E-state index < -0.39 is 0 Å². The van der Waals surface area contributed by atoms with Gasteiger partial charge in [-0.1, -0.05) is 319 Å². The van der Waals surface area contributed by atoms with Crippen LogP contribution in [-0.2, 0) is 0 Å². The van der Waals surface area contributed by atoms with E-state index in [-0.39, 0.29) is 0 Å². The lowest BCUT2D eigenvalue weighted by atomic mass is 10.1. The fourth-order valence-electron chi connectivity index (χ4n) is 18.7. The summed E-state index contributed by atoms with van der Waals surface area (Å²) in [6.07, 6.45) is 10.9. The van der Waals surface area contributed by atoms with Crippen LogP contribution in [-0.4, -0.2) is 88.0 Å². The quantitative estimate of drug-likeness (QED) is 0.0938. The van der Waals surface area contributed by atoms with Gasteiger partial charge in [-0.2, -0.15) is 0 Å². The fourth-order valence-corrected chi connectivity index (χ4v) is 20.1. The van der Waals surface area contributed by atoms with Crippen molar-refractivity contribution in [1.82, 2.24) is 88.0 Å². The van der Waals surface area contributed by atoms with Gasteiger partial charge in [0.25, 0.3) is 0 Å². The molecule has 0 N–H and O–H groups in total. The van der Waals surface area contributed by atoms with Crippen LogP contribution in [0.2, 0.25) is 0 Å². The smallest absolute Gasteiger partial charge is 0.164 e. The molecule has 0 spiro atoms. The molecular weight excluding hydrogens is 2060 g/mol. The van der Waals surface area contributed by atoms with E-state index >= 15 is 0 Å². The summed E-state index contributed by atoms with van der Waals surface area (Å²) in [5.74, 6) is 3.29. The van der Waals surface area contributed by atoms with E-state index in [0.29, 0.717) is 29.1 Å². The molecule has 0 radical (unpaired) electrons. The molecule has 0 saturated carbocycles. The third-order valence-corrected chi connectivity index (χ3v) is 27.4. The van der Waals surface area contributed by atoms with Gasteiger partial charge in [-0.15, -0.1) is 0 Å². The number of hydrogen-bond donors (Lipinski definition) is 0. The number of pyridine rings is 7. The van der Waals surface area contributed by atoms with E-state index in [0.717, 1.165) is 219 Å². The third kappa shape index (κ3) is 18.4. The third-order valence-electron chi connectivity index (χ3n) is 25.4. The van der Waals surface area contributed by atoms with E-state index in [2.05, 4.69) is 310 Å². The lowest BCUT2D eigenvalue weighted by Crippen LogP contribution is -2.01. The summed E-state index contributed by atoms with van der Waals surface area (Å²) in [7, 11) is 0. The first-order valence-electron chi connectivity index (χ1n) is 47.2. The average molecular weight is 2140 g/mol. The minimum absolute atomic E-state index is 0.620. The topological polar surface area (TPSA) is 200 Å². The number of rotatable bonds is 15. The molecule has 692 valence electrons. The van der Waals surface area contributed by atoms with Crippen molar-refractivity contribution in [3.05, 3.63) is 492 Å². The van der Waals surface area contributed by atoms with Crippen LogP contribution in [0.15, 0.2) is 492 Å². The maximum atomic E-state index is 5.02. The molecule has 27 aromatic rings. The van der Waals surface area contributed by atoms with Crippen molar-refractivity contribution in [2.75, 3.05) is 0 Å².